The zero-order chi connectivity index (χ0) is 21.8. The maximum atomic E-state index is 13.0. The summed E-state index contributed by atoms with van der Waals surface area (Å²) in [7, 11) is 1.68. The van der Waals surface area contributed by atoms with E-state index in [2.05, 4.69) is 35.9 Å². The summed E-state index contributed by atoms with van der Waals surface area (Å²) in [5.74, 6) is 2.64. The molecule has 168 valence electrons. The van der Waals surface area contributed by atoms with Crippen LogP contribution in [0.1, 0.15) is 45.4 Å². The summed E-state index contributed by atoms with van der Waals surface area (Å²) in [6.45, 7) is 6.66. The molecule has 0 radical (unpaired) electrons. The number of ether oxygens (including phenoxy) is 2. The van der Waals surface area contributed by atoms with Crippen molar-refractivity contribution in [2.75, 3.05) is 31.6 Å². The molecule has 0 spiro atoms. The van der Waals surface area contributed by atoms with Crippen LogP contribution in [0, 0.1) is 5.92 Å². The second-order valence-electron chi connectivity index (χ2n) is 8.93. The smallest absolute Gasteiger partial charge is 0.232 e. The highest BCUT2D eigenvalue weighted by atomic mass is 16.5. The lowest BCUT2D eigenvalue weighted by molar-refractivity contribution is -0.133. The molecule has 0 N–H and O–H groups in total. The molecule has 2 aromatic rings. The zero-order valence-corrected chi connectivity index (χ0v) is 18.8. The van der Waals surface area contributed by atoms with Crippen LogP contribution in [0.2, 0.25) is 0 Å². The summed E-state index contributed by atoms with van der Waals surface area (Å²) in [6, 6.07) is 6.31. The Bertz CT molecular complexity index is 864. The van der Waals surface area contributed by atoms with Crippen LogP contribution in [-0.4, -0.2) is 54.7 Å². The molecule has 0 bridgehead atoms. The molecule has 2 aliphatic rings. The molecule has 2 heterocycles. The summed E-state index contributed by atoms with van der Waals surface area (Å²) in [5.41, 5.74) is 1.11. The van der Waals surface area contributed by atoms with Gasteiger partial charge in [0.05, 0.1) is 19.4 Å². The number of aromatic nitrogens is 1. The third-order valence-corrected chi connectivity index (χ3v) is 6.19. The van der Waals surface area contributed by atoms with Gasteiger partial charge >= 0.3 is 0 Å². The highest BCUT2D eigenvalue weighted by molar-refractivity contribution is 5.78. The van der Waals surface area contributed by atoms with Crippen molar-refractivity contribution in [1.82, 2.24) is 9.88 Å². The second-order valence-corrected chi connectivity index (χ2v) is 8.93. The first-order valence-corrected chi connectivity index (χ1v) is 11.3. The number of hydrogen-bond acceptors (Lipinski definition) is 6. The first-order valence-electron chi connectivity index (χ1n) is 11.3. The van der Waals surface area contributed by atoms with Gasteiger partial charge in [0.15, 0.2) is 11.5 Å². The lowest BCUT2D eigenvalue weighted by Gasteiger charge is -2.43. The molecule has 1 saturated carbocycles. The van der Waals surface area contributed by atoms with Gasteiger partial charge in [0.1, 0.15) is 12.7 Å². The number of carbonyl (C=O) groups excluding carboxylic acids is 1. The average Bonchev–Trinajstić information content (AvgIpc) is 3.23. The van der Waals surface area contributed by atoms with Gasteiger partial charge in [0, 0.05) is 37.4 Å². The minimum Gasteiger partial charge on any atom is -0.493 e. The molecule has 31 heavy (non-hydrogen) atoms. The molecule has 1 saturated heterocycles. The van der Waals surface area contributed by atoms with E-state index in [1.54, 1.807) is 13.3 Å². The van der Waals surface area contributed by atoms with Crippen molar-refractivity contribution in [2.24, 2.45) is 5.92 Å². The minimum absolute atomic E-state index is 0.0801. The Morgan fingerprint density at radius 3 is 2.74 bits per heavy atom. The number of rotatable bonds is 8. The fourth-order valence-electron chi connectivity index (χ4n) is 4.36. The maximum absolute atomic E-state index is 13.0. The summed E-state index contributed by atoms with van der Waals surface area (Å²) in [4.78, 5) is 21.4. The number of nitrogens with zero attached hydrogens (tertiary/aromatic N) is 3. The predicted molar refractivity (Wildman–Crippen MR) is 119 cm³/mol. The third kappa shape index (κ3) is 5.14. The molecule has 7 nitrogen and oxygen atoms in total. The van der Waals surface area contributed by atoms with E-state index in [0.717, 1.165) is 49.5 Å². The number of methoxy groups -OCH3 is 1. The van der Waals surface area contributed by atoms with E-state index in [4.69, 9.17) is 13.9 Å². The van der Waals surface area contributed by atoms with Gasteiger partial charge in [-0.1, -0.05) is 13.8 Å². The Kier molecular flexibility index (Phi) is 6.68. The van der Waals surface area contributed by atoms with E-state index < -0.39 is 0 Å². The standard InChI is InChI=1S/C24H33N3O4/c1-17(2)13-19-16-26(10-11-27(19)24(28)15-23-25-9-12-30-23)18-7-8-21(29-3)22(14-18)31-20-5-4-6-20/h7-9,12,14,17,19-20H,4-6,10-11,13,15-16H2,1-3H3/t19-/m0/s1. The molecule has 4 rings (SSSR count). The first-order chi connectivity index (χ1) is 15.0. The van der Waals surface area contributed by atoms with Gasteiger partial charge in [-0.3, -0.25) is 4.79 Å². The van der Waals surface area contributed by atoms with Gasteiger partial charge < -0.3 is 23.7 Å². The molecule has 1 amide bonds. The summed E-state index contributed by atoms with van der Waals surface area (Å²) in [5, 5.41) is 0. The summed E-state index contributed by atoms with van der Waals surface area (Å²) >= 11 is 0. The molecule has 2 fully saturated rings. The molecule has 1 atom stereocenters. The Labute approximate surface area is 184 Å². The monoisotopic (exact) mass is 427 g/mol. The van der Waals surface area contributed by atoms with Crippen molar-refractivity contribution >= 4 is 11.6 Å². The van der Waals surface area contributed by atoms with Crippen LogP contribution < -0.4 is 14.4 Å². The lowest BCUT2D eigenvalue weighted by atomic mass is 9.96. The van der Waals surface area contributed by atoms with Crippen LogP contribution in [0.4, 0.5) is 5.69 Å². The summed E-state index contributed by atoms with van der Waals surface area (Å²) in [6.07, 6.45) is 8.00. The van der Waals surface area contributed by atoms with Crippen LogP contribution in [0.15, 0.2) is 35.1 Å². The fourth-order valence-corrected chi connectivity index (χ4v) is 4.36. The number of piperazine rings is 1. The topological polar surface area (TPSA) is 68.0 Å². The Morgan fingerprint density at radius 1 is 1.26 bits per heavy atom. The quantitative estimate of drug-likeness (QED) is 0.636. The third-order valence-electron chi connectivity index (χ3n) is 6.19. The molecule has 1 aromatic carbocycles. The Balaban J connectivity index is 1.48. The van der Waals surface area contributed by atoms with Crippen molar-refractivity contribution in [3.63, 3.8) is 0 Å². The number of amides is 1. The van der Waals surface area contributed by atoms with Gasteiger partial charge in [-0.05, 0) is 43.7 Å². The van der Waals surface area contributed by atoms with E-state index in [1.165, 1.54) is 12.7 Å². The highest BCUT2D eigenvalue weighted by Crippen LogP contribution is 2.36. The van der Waals surface area contributed by atoms with Crippen molar-refractivity contribution in [3.05, 3.63) is 36.5 Å². The fraction of sp³-hybridized carbons (Fsp3) is 0.583. The van der Waals surface area contributed by atoms with E-state index in [-0.39, 0.29) is 18.4 Å². The van der Waals surface area contributed by atoms with Crippen LogP contribution >= 0.6 is 0 Å². The minimum atomic E-state index is 0.0801. The van der Waals surface area contributed by atoms with Crippen molar-refractivity contribution in [3.8, 4) is 11.5 Å². The summed E-state index contributed by atoms with van der Waals surface area (Å²) < 4.78 is 17.0. The predicted octanol–water partition coefficient (Wildman–Crippen LogP) is 3.92. The van der Waals surface area contributed by atoms with Gasteiger partial charge in [0.2, 0.25) is 11.8 Å². The van der Waals surface area contributed by atoms with Crippen molar-refractivity contribution in [1.29, 1.82) is 0 Å². The van der Waals surface area contributed by atoms with Crippen molar-refractivity contribution < 1.29 is 18.7 Å². The molecular weight excluding hydrogens is 394 g/mol. The number of carbonyl (C=O) groups is 1. The molecule has 1 aromatic heterocycles. The number of hydrogen-bond donors (Lipinski definition) is 0. The Hall–Kier alpha value is -2.70. The van der Waals surface area contributed by atoms with Crippen LogP contribution in [0.3, 0.4) is 0 Å². The van der Waals surface area contributed by atoms with Gasteiger partial charge in [0.25, 0.3) is 0 Å². The van der Waals surface area contributed by atoms with E-state index in [0.29, 0.717) is 24.5 Å². The SMILES string of the molecule is COc1ccc(N2CCN(C(=O)Cc3ncco3)[C@@H](CC(C)C)C2)cc1OC1CCC1. The second kappa shape index (κ2) is 9.62. The molecule has 7 heteroatoms. The van der Waals surface area contributed by atoms with Gasteiger partial charge in [-0.2, -0.15) is 0 Å². The van der Waals surface area contributed by atoms with Crippen LogP contribution in [-0.2, 0) is 11.2 Å². The highest BCUT2D eigenvalue weighted by Gasteiger charge is 2.32. The first kappa shape index (κ1) is 21.5. The number of benzene rings is 1. The number of anilines is 1. The maximum Gasteiger partial charge on any atom is 0.232 e. The average molecular weight is 428 g/mol. The Morgan fingerprint density at radius 2 is 2.10 bits per heavy atom. The lowest BCUT2D eigenvalue weighted by Crippen LogP contribution is -2.56. The largest absolute Gasteiger partial charge is 0.493 e. The van der Waals surface area contributed by atoms with E-state index >= 15 is 0 Å². The molecular formula is C24H33N3O4. The molecule has 1 aliphatic heterocycles. The zero-order valence-electron chi connectivity index (χ0n) is 18.8. The van der Waals surface area contributed by atoms with Crippen LogP contribution in [0.25, 0.3) is 0 Å². The van der Waals surface area contributed by atoms with E-state index in [9.17, 15) is 4.79 Å². The van der Waals surface area contributed by atoms with Gasteiger partial charge in [-0.25, -0.2) is 4.98 Å². The van der Waals surface area contributed by atoms with E-state index in [1.807, 2.05) is 11.0 Å². The normalized spacial score (nSPS) is 19.4. The van der Waals surface area contributed by atoms with Crippen LogP contribution in [0.5, 0.6) is 11.5 Å². The molecule has 1 aliphatic carbocycles. The molecule has 0 unspecified atom stereocenters. The van der Waals surface area contributed by atoms with Gasteiger partial charge in [-0.15, -0.1) is 0 Å². The number of oxazole rings is 1. The van der Waals surface area contributed by atoms with Crippen molar-refractivity contribution in [2.45, 2.75) is 58.1 Å².